The van der Waals surface area contributed by atoms with E-state index in [1.54, 1.807) is 0 Å². The van der Waals surface area contributed by atoms with Gasteiger partial charge in [-0.3, -0.25) is 0 Å². The lowest BCUT2D eigenvalue weighted by Crippen LogP contribution is -3.00. The molecule has 0 saturated carbocycles. The monoisotopic (exact) mass is 332 g/mol. The van der Waals surface area contributed by atoms with E-state index >= 15 is 0 Å². The van der Waals surface area contributed by atoms with E-state index in [1.807, 2.05) is 23.9 Å². The molecule has 1 aromatic rings. The summed E-state index contributed by atoms with van der Waals surface area (Å²) in [5.41, 5.74) is 2.15. The van der Waals surface area contributed by atoms with Gasteiger partial charge in [0.15, 0.2) is 12.4 Å². The first-order chi connectivity index (χ1) is 7.34. The normalized spacial score (nSPS) is 26.7. The van der Waals surface area contributed by atoms with Crippen molar-refractivity contribution in [3.63, 3.8) is 0 Å². The number of fused-ring (bicyclic) bond motifs is 1. The number of hydrogen-bond acceptors (Lipinski definition) is 3. The fourth-order valence-corrected chi connectivity index (χ4v) is 2.12. The summed E-state index contributed by atoms with van der Waals surface area (Å²) in [5.74, 6) is 0.312. The molecule has 1 saturated heterocycles. The zero-order valence-electron chi connectivity index (χ0n) is 8.97. The summed E-state index contributed by atoms with van der Waals surface area (Å²) in [7, 11) is 2.00. The molecule has 0 spiro atoms. The first kappa shape index (κ1) is 11.8. The van der Waals surface area contributed by atoms with Gasteiger partial charge in [0.25, 0.3) is 0 Å². The maximum atomic E-state index is 5.42. The molecule has 3 rings (SSSR count). The van der Waals surface area contributed by atoms with Crippen LogP contribution in [0.2, 0.25) is 0 Å². The molecule has 0 aromatic carbocycles. The van der Waals surface area contributed by atoms with Crippen LogP contribution in [-0.2, 0) is 16.6 Å². The molecule has 4 nitrogen and oxygen atoms in total. The second-order valence-electron chi connectivity index (χ2n) is 3.97. The van der Waals surface area contributed by atoms with Crippen molar-refractivity contribution in [2.75, 3.05) is 6.61 Å². The van der Waals surface area contributed by atoms with Gasteiger partial charge in [-0.15, -0.1) is 0 Å². The van der Waals surface area contributed by atoms with E-state index < -0.39 is 0 Å². The van der Waals surface area contributed by atoms with E-state index in [9.17, 15) is 0 Å². The summed E-state index contributed by atoms with van der Waals surface area (Å²) >= 11 is 0. The van der Waals surface area contributed by atoms with Crippen LogP contribution in [0.4, 0.5) is 0 Å². The van der Waals surface area contributed by atoms with Gasteiger partial charge in [0.05, 0.1) is 18.1 Å². The van der Waals surface area contributed by atoms with Gasteiger partial charge in [0.2, 0.25) is 6.29 Å². The first-order valence-corrected chi connectivity index (χ1v) is 5.15. The van der Waals surface area contributed by atoms with Crippen molar-refractivity contribution in [3.05, 3.63) is 30.1 Å². The predicted octanol–water partition coefficient (Wildman–Crippen LogP) is -2.39. The smallest absolute Gasteiger partial charge is 0.235 e. The third kappa shape index (κ3) is 1.93. The van der Waals surface area contributed by atoms with E-state index in [1.165, 1.54) is 0 Å². The molecule has 2 aliphatic rings. The summed E-state index contributed by atoms with van der Waals surface area (Å²) < 4.78 is 7.43. The number of pyridine rings is 1. The minimum absolute atomic E-state index is 0. The van der Waals surface area contributed by atoms with Crippen molar-refractivity contribution in [2.24, 2.45) is 18.1 Å². The molecule has 2 aliphatic heterocycles. The van der Waals surface area contributed by atoms with Crippen molar-refractivity contribution in [2.45, 2.75) is 12.7 Å². The minimum Gasteiger partial charge on any atom is -1.00 e. The lowest BCUT2D eigenvalue weighted by molar-refractivity contribution is -0.671. The quantitative estimate of drug-likeness (QED) is 0.425. The summed E-state index contributed by atoms with van der Waals surface area (Å²) in [6, 6.07) is 4.07. The number of hydrogen-bond donors (Lipinski definition) is 0. The zero-order valence-corrected chi connectivity index (χ0v) is 11.1. The standard InChI is InChI=1S/C11H13N2O2.HI/c1-13-5-2-3-8(7-13)10-9-4-6-14-11(9)15-12-10;/h2-3,5,7,9,11H,4,6H2,1H3;1H/q+1;/p-1. The van der Waals surface area contributed by atoms with Crippen LogP contribution in [0.5, 0.6) is 0 Å². The van der Waals surface area contributed by atoms with Gasteiger partial charge < -0.3 is 33.6 Å². The van der Waals surface area contributed by atoms with E-state index in [-0.39, 0.29) is 30.3 Å². The van der Waals surface area contributed by atoms with Crippen molar-refractivity contribution >= 4 is 5.71 Å². The summed E-state index contributed by atoms with van der Waals surface area (Å²) in [4.78, 5) is 5.24. The molecular weight excluding hydrogens is 319 g/mol. The Morgan fingerprint density at radius 1 is 1.50 bits per heavy atom. The molecule has 1 aromatic heterocycles. The Bertz CT molecular complexity index is 422. The van der Waals surface area contributed by atoms with E-state index in [0.29, 0.717) is 5.92 Å². The molecule has 1 fully saturated rings. The Labute approximate surface area is 111 Å². The van der Waals surface area contributed by atoms with Crippen molar-refractivity contribution in [1.29, 1.82) is 0 Å². The van der Waals surface area contributed by atoms with Crippen LogP contribution >= 0.6 is 0 Å². The number of rotatable bonds is 1. The molecular formula is C11H13IN2O2. The number of aromatic nitrogens is 1. The average molecular weight is 332 g/mol. The van der Waals surface area contributed by atoms with Gasteiger partial charge in [-0.25, -0.2) is 4.57 Å². The van der Waals surface area contributed by atoms with Gasteiger partial charge in [-0.1, -0.05) is 5.16 Å². The van der Waals surface area contributed by atoms with Crippen LogP contribution in [0.25, 0.3) is 0 Å². The highest BCUT2D eigenvalue weighted by molar-refractivity contribution is 6.02. The van der Waals surface area contributed by atoms with Crippen LogP contribution in [0.1, 0.15) is 12.0 Å². The van der Waals surface area contributed by atoms with Crippen molar-refractivity contribution in [1.82, 2.24) is 0 Å². The molecule has 0 bridgehead atoms. The molecule has 3 heterocycles. The van der Waals surface area contributed by atoms with Crippen LogP contribution in [-0.4, -0.2) is 18.6 Å². The molecule has 0 N–H and O–H groups in total. The maximum Gasteiger partial charge on any atom is 0.235 e. The predicted molar refractivity (Wildman–Crippen MR) is 53.1 cm³/mol. The van der Waals surface area contributed by atoms with E-state index in [0.717, 1.165) is 24.3 Å². The molecule has 16 heavy (non-hydrogen) atoms. The fourth-order valence-electron chi connectivity index (χ4n) is 2.12. The molecule has 86 valence electrons. The highest BCUT2D eigenvalue weighted by Gasteiger charge is 2.40. The highest BCUT2D eigenvalue weighted by atomic mass is 127. The third-order valence-electron chi connectivity index (χ3n) is 2.88. The molecule has 0 radical (unpaired) electrons. The molecule has 0 aliphatic carbocycles. The number of ether oxygens (including phenoxy) is 1. The summed E-state index contributed by atoms with van der Waals surface area (Å²) in [6.45, 7) is 0.771. The second-order valence-corrected chi connectivity index (χ2v) is 3.97. The fraction of sp³-hybridized carbons (Fsp3) is 0.455. The molecule has 2 unspecified atom stereocenters. The number of halogens is 1. The lowest BCUT2D eigenvalue weighted by atomic mass is 9.97. The number of nitrogens with zero attached hydrogens (tertiary/aromatic N) is 2. The largest absolute Gasteiger partial charge is 1.00 e. The average Bonchev–Trinajstić information content (AvgIpc) is 2.77. The van der Waals surface area contributed by atoms with Crippen LogP contribution in [0.15, 0.2) is 29.7 Å². The Hall–Kier alpha value is -0.690. The number of aryl methyl sites for hydroxylation is 1. The van der Waals surface area contributed by atoms with Gasteiger partial charge in [-0.2, -0.15) is 0 Å². The topological polar surface area (TPSA) is 34.7 Å². The second kappa shape index (κ2) is 4.67. The van der Waals surface area contributed by atoms with Crippen LogP contribution in [0.3, 0.4) is 0 Å². The van der Waals surface area contributed by atoms with Crippen molar-refractivity contribution < 1.29 is 38.1 Å². The lowest BCUT2D eigenvalue weighted by Gasteiger charge is -2.06. The molecule has 5 heteroatoms. The van der Waals surface area contributed by atoms with E-state index in [4.69, 9.17) is 9.57 Å². The highest BCUT2D eigenvalue weighted by Crippen LogP contribution is 2.31. The maximum absolute atomic E-state index is 5.42. The Balaban J connectivity index is 0.000000963. The molecule has 0 amide bonds. The van der Waals surface area contributed by atoms with Crippen LogP contribution in [0, 0.1) is 5.92 Å². The summed E-state index contributed by atoms with van der Waals surface area (Å²) in [5, 5.41) is 4.11. The van der Waals surface area contributed by atoms with Gasteiger partial charge in [0.1, 0.15) is 12.8 Å². The minimum atomic E-state index is -0.148. The Morgan fingerprint density at radius 3 is 3.19 bits per heavy atom. The first-order valence-electron chi connectivity index (χ1n) is 5.15. The number of oxime groups is 1. The van der Waals surface area contributed by atoms with Gasteiger partial charge in [-0.05, 0) is 12.5 Å². The Kier molecular flexibility index (Phi) is 3.44. The van der Waals surface area contributed by atoms with Gasteiger partial charge in [0, 0.05) is 6.07 Å². The van der Waals surface area contributed by atoms with E-state index in [2.05, 4.69) is 17.4 Å². The Morgan fingerprint density at radius 2 is 2.38 bits per heavy atom. The zero-order chi connectivity index (χ0) is 10.3. The van der Waals surface area contributed by atoms with Gasteiger partial charge >= 0.3 is 0 Å². The molecule has 2 atom stereocenters. The SMILES string of the molecule is C[n+]1cccc(C2=NOC3OCCC23)c1.[I-]. The summed E-state index contributed by atoms with van der Waals surface area (Å²) in [6.07, 6.45) is 4.92. The van der Waals surface area contributed by atoms with Crippen LogP contribution < -0.4 is 28.5 Å². The van der Waals surface area contributed by atoms with Crippen molar-refractivity contribution in [3.8, 4) is 0 Å². The third-order valence-corrected chi connectivity index (χ3v) is 2.88.